The van der Waals surface area contributed by atoms with E-state index in [-0.39, 0.29) is 5.22 Å². The lowest BCUT2D eigenvalue weighted by Crippen LogP contribution is -1.79. The summed E-state index contributed by atoms with van der Waals surface area (Å²) in [4.78, 5) is 10.7. The molecule has 0 fully saturated rings. The number of carbonyl (C=O) groups is 1. The van der Waals surface area contributed by atoms with Crippen LogP contribution in [0.15, 0.2) is 40.8 Å². The zero-order valence-corrected chi connectivity index (χ0v) is 7.99. The Labute approximate surface area is 86.1 Å². The quantitative estimate of drug-likeness (QED) is 0.705. The predicted octanol–water partition coefficient (Wildman–Crippen LogP) is 3.41. The summed E-state index contributed by atoms with van der Waals surface area (Å²) in [5.74, 6) is 0.519. The molecule has 0 amide bonds. The smallest absolute Gasteiger partial charge is 0.194 e. The maximum absolute atomic E-state index is 10.7. The molecule has 2 aromatic rings. The zero-order valence-electron chi connectivity index (χ0n) is 7.24. The van der Waals surface area contributed by atoms with Crippen molar-refractivity contribution in [3.63, 3.8) is 0 Å². The highest BCUT2D eigenvalue weighted by Gasteiger charge is 2.10. The van der Waals surface area contributed by atoms with Gasteiger partial charge in [-0.2, -0.15) is 0 Å². The normalized spacial score (nSPS) is 10.1. The van der Waals surface area contributed by atoms with Crippen molar-refractivity contribution in [1.82, 2.24) is 0 Å². The standard InChI is InChI=1S/C11H7ClO2/c12-10-6-9(7-13)11(14-10)8-4-2-1-3-5-8/h1-7H. The zero-order chi connectivity index (χ0) is 9.97. The lowest BCUT2D eigenvalue weighted by molar-refractivity contribution is 0.112. The molecule has 1 aromatic heterocycles. The molecule has 0 atom stereocenters. The van der Waals surface area contributed by atoms with E-state index in [0.717, 1.165) is 11.8 Å². The first-order chi connectivity index (χ1) is 6.81. The second-order valence-corrected chi connectivity index (χ2v) is 3.19. The number of aldehydes is 1. The SMILES string of the molecule is O=Cc1cc(Cl)oc1-c1ccccc1. The maximum atomic E-state index is 10.7. The topological polar surface area (TPSA) is 30.2 Å². The van der Waals surface area contributed by atoms with Gasteiger partial charge in [-0.15, -0.1) is 0 Å². The minimum atomic E-state index is 0.228. The van der Waals surface area contributed by atoms with Crippen molar-refractivity contribution in [2.75, 3.05) is 0 Å². The Hall–Kier alpha value is -1.54. The fraction of sp³-hybridized carbons (Fsp3) is 0. The van der Waals surface area contributed by atoms with E-state index in [4.69, 9.17) is 16.0 Å². The Morgan fingerprint density at radius 2 is 1.93 bits per heavy atom. The maximum Gasteiger partial charge on any atom is 0.194 e. The molecule has 0 saturated carbocycles. The van der Waals surface area contributed by atoms with Crippen LogP contribution in [0.25, 0.3) is 11.3 Å². The molecule has 14 heavy (non-hydrogen) atoms. The van der Waals surface area contributed by atoms with Gasteiger partial charge < -0.3 is 4.42 Å². The van der Waals surface area contributed by atoms with E-state index in [2.05, 4.69) is 0 Å². The van der Waals surface area contributed by atoms with Gasteiger partial charge in [0.05, 0.1) is 5.56 Å². The van der Waals surface area contributed by atoms with Gasteiger partial charge in [0.2, 0.25) is 0 Å². The summed E-state index contributed by atoms with van der Waals surface area (Å²) < 4.78 is 5.23. The first kappa shape index (κ1) is 9.03. The van der Waals surface area contributed by atoms with Gasteiger partial charge in [-0.3, -0.25) is 4.79 Å². The Bertz CT molecular complexity index is 446. The molecule has 3 heteroatoms. The van der Waals surface area contributed by atoms with Crippen LogP contribution in [0, 0.1) is 0 Å². The fourth-order valence-corrected chi connectivity index (χ4v) is 1.47. The van der Waals surface area contributed by atoms with Crippen molar-refractivity contribution < 1.29 is 9.21 Å². The van der Waals surface area contributed by atoms with Gasteiger partial charge in [0.1, 0.15) is 5.76 Å². The monoisotopic (exact) mass is 206 g/mol. The minimum Gasteiger partial charge on any atom is -0.444 e. The summed E-state index contributed by atoms with van der Waals surface area (Å²) in [7, 11) is 0. The average Bonchev–Trinajstić information content (AvgIpc) is 2.61. The second kappa shape index (κ2) is 3.68. The molecule has 0 N–H and O–H groups in total. The molecule has 0 spiro atoms. The fourth-order valence-electron chi connectivity index (χ4n) is 1.28. The van der Waals surface area contributed by atoms with Gasteiger partial charge in [-0.05, 0) is 11.6 Å². The van der Waals surface area contributed by atoms with E-state index in [1.807, 2.05) is 30.3 Å². The molecule has 2 nitrogen and oxygen atoms in total. The van der Waals surface area contributed by atoms with Crippen molar-refractivity contribution in [3.8, 4) is 11.3 Å². The van der Waals surface area contributed by atoms with Gasteiger partial charge in [0, 0.05) is 11.6 Å². The second-order valence-electron chi connectivity index (χ2n) is 2.82. The van der Waals surface area contributed by atoms with Crippen LogP contribution in [0.2, 0.25) is 5.22 Å². The third-order valence-electron chi connectivity index (χ3n) is 1.89. The molecule has 1 aromatic carbocycles. The van der Waals surface area contributed by atoms with E-state index >= 15 is 0 Å². The lowest BCUT2D eigenvalue weighted by atomic mass is 10.1. The Morgan fingerprint density at radius 3 is 2.57 bits per heavy atom. The highest BCUT2D eigenvalue weighted by Crippen LogP contribution is 2.28. The Balaban J connectivity index is 2.56. The molecule has 0 bridgehead atoms. The van der Waals surface area contributed by atoms with E-state index in [1.165, 1.54) is 6.07 Å². The summed E-state index contributed by atoms with van der Waals surface area (Å²) in [5, 5.41) is 0.228. The molecule has 0 aliphatic carbocycles. The van der Waals surface area contributed by atoms with E-state index < -0.39 is 0 Å². The van der Waals surface area contributed by atoms with Gasteiger partial charge in [0.25, 0.3) is 0 Å². The van der Waals surface area contributed by atoms with Crippen molar-refractivity contribution in [2.24, 2.45) is 0 Å². The third-order valence-corrected chi connectivity index (χ3v) is 2.08. The number of halogens is 1. The first-order valence-electron chi connectivity index (χ1n) is 4.11. The van der Waals surface area contributed by atoms with Crippen molar-refractivity contribution in [1.29, 1.82) is 0 Å². The molecular weight excluding hydrogens is 200 g/mol. The van der Waals surface area contributed by atoms with Crippen molar-refractivity contribution >= 4 is 17.9 Å². The summed E-state index contributed by atoms with van der Waals surface area (Å²) in [5.41, 5.74) is 1.32. The van der Waals surface area contributed by atoms with Crippen LogP contribution in [0.1, 0.15) is 10.4 Å². The number of rotatable bonds is 2. The van der Waals surface area contributed by atoms with Crippen molar-refractivity contribution in [3.05, 3.63) is 47.2 Å². The predicted molar refractivity (Wildman–Crippen MR) is 54.5 cm³/mol. The molecule has 0 radical (unpaired) electrons. The summed E-state index contributed by atoms with van der Waals surface area (Å²) in [6.45, 7) is 0. The Kier molecular flexibility index (Phi) is 2.37. The van der Waals surface area contributed by atoms with Crippen LogP contribution in [0.5, 0.6) is 0 Å². The highest BCUT2D eigenvalue weighted by atomic mass is 35.5. The van der Waals surface area contributed by atoms with Gasteiger partial charge in [-0.25, -0.2) is 0 Å². The van der Waals surface area contributed by atoms with Crippen LogP contribution < -0.4 is 0 Å². The number of hydrogen-bond donors (Lipinski definition) is 0. The molecule has 0 saturated heterocycles. The molecule has 2 rings (SSSR count). The van der Waals surface area contributed by atoms with Crippen LogP contribution in [0.3, 0.4) is 0 Å². The van der Waals surface area contributed by atoms with Crippen LogP contribution >= 0.6 is 11.6 Å². The van der Waals surface area contributed by atoms with Gasteiger partial charge in [-0.1, -0.05) is 30.3 Å². The van der Waals surface area contributed by atoms with Crippen LogP contribution in [0.4, 0.5) is 0 Å². The number of carbonyl (C=O) groups excluding carboxylic acids is 1. The number of benzene rings is 1. The molecule has 0 aliphatic rings. The average molecular weight is 207 g/mol. The molecule has 0 unspecified atom stereocenters. The van der Waals surface area contributed by atoms with Crippen molar-refractivity contribution in [2.45, 2.75) is 0 Å². The third kappa shape index (κ3) is 1.56. The summed E-state index contributed by atoms with van der Waals surface area (Å²) >= 11 is 5.67. The molecule has 0 aliphatic heterocycles. The lowest BCUT2D eigenvalue weighted by Gasteiger charge is -1.95. The molecule has 70 valence electrons. The van der Waals surface area contributed by atoms with Crippen LogP contribution in [-0.2, 0) is 0 Å². The van der Waals surface area contributed by atoms with Crippen LogP contribution in [-0.4, -0.2) is 6.29 Å². The van der Waals surface area contributed by atoms with E-state index in [1.54, 1.807) is 0 Å². The van der Waals surface area contributed by atoms with Gasteiger partial charge >= 0.3 is 0 Å². The minimum absolute atomic E-state index is 0.228. The molecule has 1 heterocycles. The Morgan fingerprint density at radius 1 is 1.21 bits per heavy atom. The number of hydrogen-bond acceptors (Lipinski definition) is 2. The summed E-state index contributed by atoms with van der Waals surface area (Å²) in [6.07, 6.45) is 0.734. The largest absolute Gasteiger partial charge is 0.444 e. The van der Waals surface area contributed by atoms with E-state index in [9.17, 15) is 4.79 Å². The van der Waals surface area contributed by atoms with E-state index in [0.29, 0.717) is 11.3 Å². The highest BCUT2D eigenvalue weighted by molar-refractivity contribution is 6.29. The molecular formula is C11H7ClO2. The first-order valence-corrected chi connectivity index (χ1v) is 4.49. The van der Waals surface area contributed by atoms with Gasteiger partial charge in [0.15, 0.2) is 11.5 Å². The number of furan rings is 1. The summed E-state index contributed by atoms with van der Waals surface area (Å²) in [6, 6.07) is 10.9.